The van der Waals surface area contributed by atoms with Crippen molar-refractivity contribution in [2.45, 2.75) is 6.92 Å². The lowest BCUT2D eigenvalue weighted by atomic mass is 10.1. The largest absolute Gasteiger partial charge is 0.465 e. The summed E-state index contributed by atoms with van der Waals surface area (Å²) in [6, 6.07) is 8.61. The van der Waals surface area contributed by atoms with Crippen molar-refractivity contribution in [1.82, 2.24) is 4.98 Å². The van der Waals surface area contributed by atoms with Gasteiger partial charge in [-0.25, -0.2) is 19.4 Å². The van der Waals surface area contributed by atoms with Gasteiger partial charge in [0, 0.05) is 17.3 Å². The van der Waals surface area contributed by atoms with E-state index >= 15 is 0 Å². The first-order valence-electron chi connectivity index (χ1n) is 9.13. The Balaban J connectivity index is 2.14. The number of benzene rings is 1. The van der Waals surface area contributed by atoms with Gasteiger partial charge in [-0.2, -0.15) is 0 Å². The maximum Gasteiger partial charge on any atom is 0.356 e. The molecule has 1 aromatic heterocycles. The Labute approximate surface area is 173 Å². The molecule has 8 nitrogen and oxygen atoms in total. The topological polar surface area (TPSA) is 95.0 Å². The number of hydrogen-bond acceptors (Lipinski definition) is 8. The molecule has 154 valence electrons. The van der Waals surface area contributed by atoms with Crippen molar-refractivity contribution in [3.05, 3.63) is 71.7 Å². The van der Waals surface area contributed by atoms with E-state index in [4.69, 9.17) is 14.2 Å². The van der Waals surface area contributed by atoms with Gasteiger partial charge in [-0.05, 0) is 37.3 Å². The molecule has 2 heterocycles. The highest BCUT2D eigenvalue weighted by molar-refractivity contribution is 6.05. The van der Waals surface area contributed by atoms with Crippen LogP contribution in [0.1, 0.15) is 17.4 Å². The van der Waals surface area contributed by atoms with Crippen molar-refractivity contribution in [3.63, 3.8) is 0 Å². The number of rotatable bonds is 5. The molecule has 0 bridgehead atoms. The number of carbonyl (C=O) groups is 3. The lowest BCUT2D eigenvalue weighted by Gasteiger charge is -2.23. The third-order valence-electron chi connectivity index (χ3n) is 4.33. The minimum atomic E-state index is -0.708. The fourth-order valence-corrected chi connectivity index (χ4v) is 2.94. The van der Waals surface area contributed by atoms with Crippen molar-refractivity contribution in [2.24, 2.45) is 0 Å². The molecular weight excluding hydrogens is 388 g/mol. The van der Waals surface area contributed by atoms with Crippen LogP contribution in [0.4, 0.5) is 5.69 Å². The monoisotopic (exact) mass is 408 g/mol. The molecule has 30 heavy (non-hydrogen) atoms. The van der Waals surface area contributed by atoms with E-state index in [-0.39, 0.29) is 23.6 Å². The Morgan fingerprint density at radius 2 is 1.70 bits per heavy atom. The van der Waals surface area contributed by atoms with Gasteiger partial charge in [-0.1, -0.05) is 18.2 Å². The number of pyridine rings is 1. The van der Waals surface area contributed by atoms with E-state index in [2.05, 4.69) is 4.98 Å². The van der Waals surface area contributed by atoms with Crippen LogP contribution in [-0.2, 0) is 23.8 Å². The number of methoxy groups -OCH3 is 2. The van der Waals surface area contributed by atoms with E-state index in [9.17, 15) is 14.4 Å². The zero-order valence-corrected chi connectivity index (χ0v) is 16.7. The van der Waals surface area contributed by atoms with Gasteiger partial charge >= 0.3 is 17.9 Å². The predicted molar refractivity (Wildman–Crippen MR) is 110 cm³/mol. The first-order valence-corrected chi connectivity index (χ1v) is 9.13. The van der Waals surface area contributed by atoms with Gasteiger partial charge < -0.3 is 19.1 Å². The Morgan fingerprint density at radius 3 is 2.40 bits per heavy atom. The summed E-state index contributed by atoms with van der Waals surface area (Å²) < 4.78 is 14.7. The highest BCUT2D eigenvalue weighted by Gasteiger charge is 2.27. The van der Waals surface area contributed by atoms with E-state index in [1.807, 2.05) is 0 Å². The highest BCUT2D eigenvalue weighted by Crippen LogP contribution is 2.28. The minimum Gasteiger partial charge on any atom is -0.465 e. The van der Waals surface area contributed by atoms with Crippen molar-refractivity contribution in [1.29, 1.82) is 0 Å². The molecule has 1 aliphatic heterocycles. The van der Waals surface area contributed by atoms with Crippen LogP contribution in [-0.4, -0.2) is 43.7 Å². The van der Waals surface area contributed by atoms with Crippen LogP contribution in [0.3, 0.4) is 0 Å². The van der Waals surface area contributed by atoms with E-state index in [0.29, 0.717) is 11.2 Å². The third kappa shape index (κ3) is 4.07. The lowest BCUT2D eigenvalue weighted by molar-refractivity contribution is -0.139. The summed E-state index contributed by atoms with van der Waals surface area (Å²) in [6.07, 6.45) is 6.39. The second-order valence-electron chi connectivity index (χ2n) is 6.11. The molecule has 0 atom stereocenters. The molecule has 0 aliphatic carbocycles. The number of ether oxygens (including phenoxy) is 3. The first kappa shape index (κ1) is 20.8. The van der Waals surface area contributed by atoms with Gasteiger partial charge in [0.05, 0.1) is 31.9 Å². The molecule has 2 aromatic rings. The van der Waals surface area contributed by atoms with Crippen molar-refractivity contribution in [2.75, 3.05) is 25.7 Å². The summed E-state index contributed by atoms with van der Waals surface area (Å²) in [5.74, 6) is -1.91. The maximum atomic E-state index is 12.5. The highest BCUT2D eigenvalue weighted by atomic mass is 16.5. The van der Waals surface area contributed by atoms with Crippen LogP contribution in [0.5, 0.6) is 0 Å². The Kier molecular flexibility index (Phi) is 6.26. The molecule has 1 aliphatic rings. The number of esters is 3. The van der Waals surface area contributed by atoms with Crippen LogP contribution < -0.4 is 4.90 Å². The second kappa shape index (κ2) is 9.04. The zero-order chi connectivity index (χ0) is 21.7. The SMILES string of the molecule is CCOC(=O)c1ccc2ccc(N3C=CC=CC(C(=O)OC)=C3C(=O)OC)cc2n1. The van der Waals surface area contributed by atoms with E-state index in [1.165, 1.54) is 25.2 Å². The number of fused-ring (bicyclic) bond motifs is 1. The predicted octanol–water partition coefficient (Wildman–Crippen LogP) is 2.90. The molecule has 3 rings (SSSR count). The van der Waals surface area contributed by atoms with E-state index < -0.39 is 17.9 Å². The number of aromatic nitrogens is 1. The van der Waals surface area contributed by atoms with Crippen molar-refractivity contribution >= 4 is 34.5 Å². The normalized spacial score (nSPS) is 13.2. The van der Waals surface area contributed by atoms with Gasteiger partial charge in [0.2, 0.25) is 0 Å². The van der Waals surface area contributed by atoms with Crippen LogP contribution >= 0.6 is 0 Å². The Hall–Kier alpha value is -3.94. The zero-order valence-electron chi connectivity index (χ0n) is 16.7. The van der Waals surface area contributed by atoms with E-state index in [1.54, 1.807) is 55.6 Å². The summed E-state index contributed by atoms with van der Waals surface area (Å²) in [4.78, 5) is 42.7. The minimum absolute atomic E-state index is 0.00440. The molecule has 0 saturated carbocycles. The van der Waals surface area contributed by atoms with Gasteiger partial charge in [0.25, 0.3) is 0 Å². The van der Waals surface area contributed by atoms with Crippen LogP contribution in [0.2, 0.25) is 0 Å². The molecule has 0 amide bonds. The second-order valence-corrected chi connectivity index (χ2v) is 6.11. The summed E-state index contributed by atoms with van der Waals surface area (Å²) in [5.41, 5.74) is 1.27. The Morgan fingerprint density at radius 1 is 0.967 bits per heavy atom. The van der Waals surface area contributed by atoms with Crippen molar-refractivity contribution in [3.8, 4) is 0 Å². The Bertz CT molecular complexity index is 1100. The van der Waals surface area contributed by atoms with Crippen LogP contribution in [0.25, 0.3) is 10.9 Å². The summed E-state index contributed by atoms with van der Waals surface area (Å²) in [7, 11) is 2.46. The molecule has 0 fully saturated rings. The quantitative estimate of drug-likeness (QED) is 0.551. The number of carbonyl (C=O) groups excluding carboxylic acids is 3. The fraction of sp³-hybridized carbons (Fsp3) is 0.182. The molecule has 0 radical (unpaired) electrons. The number of anilines is 1. The average Bonchev–Trinajstić information content (AvgIpc) is 3.00. The maximum absolute atomic E-state index is 12.5. The molecule has 0 spiro atoms. The molecular formula is C22H20N2O6. The van der Waals surface area contributed by atoms with Gasteiger partial charge in [-0.3, -0.25) is 0 Å². The van der Waals surface area contributed by atoms with Crippen molar-refractivity contribution < 1.29 is 28.6 Å². The molecule has 8 heteroatoms. The smallest absolute Gasteiger partial charge is 0.356 e. The standard InChI is InChI=1S/C22H20N2O6/c1-4-30-21(26)17-11-9-14-8-10-15(13-18(14)23-17)24-12-6-5-7-16(20(25)28-2)19(24)22(27)29-3/h5-13H,4H2,1-3H3. The summed E-state index contributed by atoms with van der Waals surface area (Å²) >= 11 is 0. The number of hydrogen-bond donors (Lipinski definition) is 0. The van der Waals surface area contributed by atoms with Gasteiger partial charge in [-0.15, -0.1) is 0 Å². The lowest BCUT2D eigenvalue weighted by Crippen LogP contribution is -2.26. The molecule has 0 saturated heterocycles. The number of nitrogens with zero attached hydrogens (tertiary/aromatic N) is 2. The van der Waals surface area contributed by atoms with Crippen LogP contribution in [0, 0.1) is 0 Å². The summed E-state index contributed by atoms with van der Waals surface area (Å²) in [6.45, 7) is 1.96. The summed E-state index contributed by atoms with van der Waals surface area (Å²) in [5, 5.41) is 0.792. The molecule has 0 unspecified atom stereocenters. The average molecular weight is 408 g/mol. The van der Waals surface area contributed by atoms with E-state index in [0.717, 1.165) is 5.39 Å². The van der Waals surface area contributed by atoms with Gasteiger partial charge in [0.15, 0.2) is 0 Å². The molecule has 1 aromatic carbocycles. The molecule has 0 N–H and O–H groups in total. The fourth-order valence-electron chi connectivity index (χ4n) is 2.94. The van der Waals surface area contributed by atoms with Gasteiger partial charge in [0.1, 0.15) is 11.4 Å². The third-order valence-corrected chi connectivity index (χ3v) is 4.33. The van der Waals surface area contributed by atoms with Crippen LogP contribution in [0.15, 0.2) is 66.0 Å². The number of allylic oxidation sites excluding steroid dienone is 2. The first-order chi connectivity index (χ1) is 14.5.